The zero-order chi connectivity index (χ0) is 15.2. The first-order valence-electron chi connectivity index (χ1n) is 6.39. The van der Waals surface area contributed by atoms with Crippen molar-refractivity contribution in [2.24, 2.45) is 0 Å². The molecule has 0 aliphatic heterocycles. The lowest BCUT2D eigenvalue weighted by molar-refractivity contribution is -0.144. The number of hydrogen-bond donors (Lipinski definition) is 0. The molecule has 2 aromatic rings. The summed E-state index contributed by atoms with van der Waals surface area (Å²) in [5.41, 5.74) is 0.390. The van der Waals surface area contributed by atoms with Gasteiger partial charge in [-0.25, -0.2) is 4.39 Å². The van der Waals surface area contributed by atoms with Crippen LogP contribution in [0.15, 0.2) is 28.8 Å². The van der Waals surface area contributed by atoms with Crippen molar-refractivity contribution in [1.29, 1.82) is 0 Å². The lowest BCUT2D eigenvalue weighted by Gasteiger charge is -2.12. The summed E-state index contributed by atoms with van der Waals surface area (Å²) in [5, 5.41) is 3.70. The number of aromatic nitrogens is 2. The van der Waals surface area contributed by atoms with E-state index in [9.17, 15) is 9.18 Å². The van der Waals surface area contributed by atoms with Gasteiger partial charge in [-0.05, 0) is 24.6 Å². The fraction of sp³-hybridized carbons (Fsp3) is 0.357. The molecule has 0 radical (unpaired) electrons. The zero-order valence-electron chi connectivity index (χ0n) is 11.7. The Morgan fingerprint density at radius 2 is 2.29 bits per heavy atom. The molecule has 0 saturated carbocycles. The first-order chi connectivity index (χ1) is 10.2. The van der Waals surface area contributed by atoms with E-state index in [-0.39, 0.29) is 19.1 Å². The smallest absolute Gasteiger partial charge is 0.323 e. The Balaban J connectivity index is 2.37. The standard InChI is InChI=1S/C14H15FN2O4/c1-3-20-14(18)12(9-5-4-6-10(15)7-9)13-16-11(8-19-2)17-21-13/h4-7,12H,3,8H2,1-2H3. The molecule has 0 spiro atoms. The summed E-state index contributed by atoms with van der Waals surface area (Å²) < 4.78 is 28.4. The maximum Gasteiger partial charge on any atom is 0.323 e. The highest BCUT2D eigenvalue weighted by molar-refractivity contribution is 5.80. The van der Waals surface area contributed by atoms with Crippen molar-refractivity contribution in [3.8, 4) is 0 Å². The molecule has 112 valence electrons. The maximum atomic E-state index is 13.4. The van der Waals surface area contributed by atoms with Crippen LogP contribution in [0.3, 0.4) is 0 Å². The molecular formula is C14H15FN2O4. The molecule has 7 heteroatoms. The highest BCUT2D eigenvalue weighted by Crippen LogP contribution is 2.25. The number of carbonyl (C=O) groups excluding carboxylic acids is 1. The summed E-state index contributed by atoms with van der Waals surface area (Å²) in [5.74, 6) is -1.64. The summed E-state index contributed by atoms with van der Waals surface area (Å²) >= 11 is 0. The molecule has 0 bridgehead atoms. The third-order valence-electron chi connectivity index (χ3n) is 2.71. The van der Waals surface area contributed by atoms with E-state index in [2.05, 4.69) is 10.1 Å². The maximum absolute atomic E-state index is 13.4. The summed E-state index contributed by atoms with van der Waals surface area (Å²) in [6.07, 6.45) is 0. The van der Waals surface area contributed by atoms with Crippen LogP contribution in [0.4, 0.5) is 4.39 Å². The normalized spacial score (nSPS) is 12.1. The van der Waals surface area contributed by atoms with Crippen molar-refractivity contribution in [1.82, 2.24) is 10.1 Å². The second-order valence-corrected chi connectivity index (χ2v) is 4.22. The van der Waals surface area contributed by atoms with Crippen molar-refractivity contribution < 1.29 is 23.2 Å². The van der Waals surface area contributed by atoms with Crippen molar-refractivity contribution in [2.45, 2.75) is 19.4 Å². The first-order valence-corrected chi connectivity index (χ1v) is 6.39. The fourth-order valence-electron chi connectivity index (χ4n) is 1.86. The Labute approximate surface area is 120 Å². The van der Waals surface area contributed by atoms with Crippen molar-refractivity contribution in [2.75, 3.05) is 13.7 Å². The Morgan fingerprint density at radius 1 is 1.48 bits per heavy atom. The summed E-state index contributed by atoms with van der Waals surface area (Å²) in [4.78, 5) is 16.2. The highest BCUT2D eigenvalue weighted by Gasteiger charge is 2.30. The van der Waals surface area contributed by atoms with Crippen molar-refractivity contribution in [3.63, 3.8) is 0 Å². The van der Waals surface area contributed by atoms with Crippen LogP contribution in [-0.2, 0) is 20.9 Å². The number of halogens is 1. The number of nitrogens with zero attached hydrogens (tertiary/aromatic N) is 2. The van der Waals surface area contributed by atoms with E-state index in [0.29, 0.717) is 11.4 Å². The molecule has 1 aromatic carbocycles. The minimum atomic E-state index is -0.959. The van der Waals surface area contributed by atoms with Gasteiger partial charge in [0.15, 0.2) is 11.7 Å². The van der Waals surface area contributed by atoms with E-state index >= 15 is 0 Å². The molecule has 21 heavy (non-hydrogen) atoms. The van der Waals surface area contributed by atoms with Crippen LogP contribution in [0.25, 0.3) is 0 Å². The Morgan fingerprint density at radius 3 is 2.95 bits per heavy atom. The van der Waals surface area contributed by atoms with Crippen LogP contribution in [0, 0.1) is 5.82 Å². The SMILES string of the molecule is CCOC(=O)C(c1cccc(F)c1)c1nc(COC)no1. The summed E-state index contributed by atoms with van der Waals surface area (Å²) in [7, 11) is 1.49. The molecule has 1 aromatic heterocycles. The van der Waals surface area contributed by atoms with E-state index in [0.717, 1.165) is 0 Å². The predicted molar refractivity (Wildman–Crippen MR) is 69.9 cm³/mol. The van der Waals surface area contributed by atoms with Crippen LogP contribution in [0.2, 0.25) is 0 Å². The first kappa shape index (κ1) is 15.1. The van der Waals surface area contributed by atoms with Crippen LogP contribution in [0.5, 0.6) is 0 Å². The average Bonchev–Trinajstić information content (AvgIpc) is 2.88. The monoisotopic (exact) mass is 294 g/mol. The van der Waals surface area contributed by atoms with E-state index in [1.54, 1.807) is 13.0 Å². The molecule has 0 saturated heterocycles. The molecule has 0 aliphatic rings. The van der Waals surface area contributed by atoms with E-state index in [1.165, 1.54) is 25.3 Å². The molecule has 0 amide bonds. The lowest BCUT2D eigenvalue weighted by Crippen LogP contribution is -2.18. The van der Waals surface area contributed by atoms with Gasteiger partial charge in [0.05, 0.1) is 6.61 Å². The number of benzene rings is 1. The lowest BCUT2D eigenvalue weighted by atomic mass is 9.99. The van der Waals surface area contributed by atoms with Gasteiger partial charge < -0.3 is 14.0 Å². The van der Waals surface area contributed by atoms with E-state index < -0.39 is 17.7 Å². The predicted octanol–water partition coefficient (Wildman–Crippen LogP) is 2.05. The highest BCUT2D eigenvalue weighted by atomic mass is 19.1. The quantitative estimate of drug-likeness (QED) is 0.759. The van der Waals surface area contributed by atoms with Gasteiger partial charge in [-0.2, -0.15) is 4.98 Å². The molecule has 0 aliphatic carbocycles. The van der Waals surface area contributed by atoms with Gasteiger partial charge in [0.2, 0.25) is 5.89 Å². The minimum Gasteiger partial charge on any atom is -0.465 e. The average molecular weight is 294 g/mol. The molecule has 6 nitrogen and oxygen atoms in total. The molecule has 1 unspecified atom stereocenters. The van der Waals surface area contributed by atoms with Crippen molar-refractivity contribution in [3.05, 3.63) is 47.4 Å². The van der Waals surface area contributed by atoms with Crippen LogP contribution in [-0.4, -0.2) is 29.8 Å². The molecule has 2 rings (SSSR count). The number of ether oxygens (including phenoxy) is 2. The topological polar surface area (TPSA) is 74.5 Å². The second kappa shape index (κ2) is 6.94. The van der Waals surface area contributed by atoms with E-state index in [1.807, 2.05) is 0 Å². The van der Waals surface area contributed by atoms with E-state index in [4.69, 9.17) is 14.0 Å². The minimum absolute atomic E-state index is 0.0473. The Bertz CT molecular complexity index is 615. The second-order valence-electron chi connectivity index (χ2n) is 4.22. The van der Waals surface area contributed by atoms with Gasteiger partial charge in [0.1, 0.15) is 12.4 Å². The van der Waals surface area contributed by atoms with Crippen LogP contribution in [0.1, 0.15) is 30.1 Å². The fourth-order valence-corrected chi connectivity index (χ4v) is 1.86. The number of methoxy groups -OCH3 is 1. The van der Waals surface area contributed by atoms with Gasteiger partial charge >= 0.3 is 5.97 Å². The third kappa shape index (κ3) is 3.63. The third-order valence-corrected chi connectivity index (χ3v) is 2.71. The van der Waals surface area contributed by atoms with Gasteiger partial charge in [0, 0.05) is 7.11 Å². The molecule has 0 fully saturated rings. The molecule has 1 atom stereocenters. The molecule has 0 N–H and O–H groups in total. The van der Waals surface area contributed by atoms with Crippen LogP contribution < -0.4 is 0 Å². The molecule has 1 heterocycles. The number of carbonyl (C=O) groups is 1. The number of hydrogen-bond acceptors (Lipinski definition) is 6. The summed E-state index contributed by atoms with van der Waals surface area (Å²) in [6.45, 7) is 2.04. The largest absolute Gasteiger partial charge is 0.465 e. The van der Waals surface area contributed by atoms with Gasteiger partial charge in [0.25, 0.3) is 0 Å². The molecular weight excluding hydrogens is 279 g/mol. The van der Waals surface area contributed by atoms with Gasteiger partial charge in [-0.3, -0.25) is 4.79 Å². The van der Waals surface area contributed by atoms with Crippen LogP contribution >= 0.6 is 0 Å². The van der Waals surface area contributed by atoms with Gasteiger partial charge in [-0.1, -0.05) is 17.3 Å². The van der Waals surface area contributed by atoms with Crippen molar-refractivity contribution >= 4 is 5.97 Å². The Kier molecular flexibility index (Phi) is 4.99. The Hall–Kier alpha value is -2.28. The zero-order valence-corrected chi connectivity index (χ0v) is 11.7. The van der Waals surface area contributed by atoms with Gasteiger partial charge in [-0.15, -0.1) is 0 Å². The number of esters is 1. The number of rotatable bonds is 6. The summed E-state index contributed by atoms with van der Waals surface area (Å²) in [6, 6.07) is 5.63.